The number of ether oxygens (including phenoxy) is 1. The topological polar surface area (TPSA) is 67.4 Å². The Kier molecular flexibility index (Phi) is 4.52. The van der Waals surface area contributed by atoms with Crippen LogP contribution in [0.15, 0.2) is 24.3 Å². The van der Waals surface area contributed by atoms with E-state index in [1.165, 1.54) is 0 Å². The maximum atomic E-state index is 11.7. The van der Waals surface area contributed by atoms with Gasteiger partial charge in [-0.05, 0) is 31.9 Å². The van der Waals surface area contributed by atoms with Gasteiger partial charge in [-0.25, -0.2) is 0 Å². The highest BCUT2D eigenvalue weighted by atomic mass is 16.5. The number of hydrogen-bond donors (Lipinski definition) is 2. The number of aryl methyl sites for hydroxylation is 1. The van der Waals surface area contributed by atoms with Crippen LogP contribution in [0.25, 0.3) is 0 Å². The van der Waals surface area contributed by atoms with Crippen molar-refractivity contribution in [2.75, 3.05) is 18.5 Å². The van der Waals surface area contributed by atoms with Gasteiger partial charge >= 0.3 is 0 Å². The summed E-state index contributed by atoms with van der Waals surface area (Å²) in [7, 11) is 0. The lowest BCUT2D eigenvalue weighted by molar-refractivity contribution is -0.131. The Labute approximate surface area is 112 Å². The summed E-state index contributed by atoms with van der Waals surface area (Å²) in [6.45, 7) is 2.56. The molecule has 1 fully saturated rings. The number of rotatable bonds is 4. The molecule has 2 amide bonds. The average Bonchev–Trinajstić information content (AvgIpc) is 2.93. The quantitative estimate of drug-likeness (QED) is 0.857. The SMILES string of the molecule is Cc1ccc(NC(=O)CNC(=O)C2CCCO2)cc1. The van der Waals surface area contributed by atoms with E-state index in [0.717, 1.165) is 24.1 Å². The first kappa shape index (κ1) is 13.5. The Morgan fingerprint density at radius 2 is 2.05 bits per heavy atom. The Morgan fingerprint density at radius 1 is 1.32 bits per heavy atom. The van der Waals surface area contributed by atoms with Crippen LogP contribution < -0.4 is 10.6 Å². The van der Waals surface area contributed by atoms with E-state index in [9.17, 15) is 9.59 Å². The van der Waals surface area contributed by atoms with Gasteiger partial charge in [0, 0.05) is 12.3 Å². The van der Waals surface area contributed by atoms with Gasteiger partial charge in [0.15, 0.2) is 0 Å². The predicted octanol–water partition coefficient (Wildman–Crippen LogP) is 1.23. The Morgan fingerprint density at radius 3 is 2.68 bits per heavy atom. The number of amides is 2. The molecule has 102 valence electrons. The predicted molar refractivity (Wildman–Crippen MR) is 71.8 cm³/mol. The van der Waals surface area contributed by atoms with Crippen molar-refractivity contribution in [3.8, 4) is 0 Å². The molecule has 1 atom stereocenters. The van der Waals surface area contributed by atoms with Crippen LogP contribution in [0, 0.1) is 6.92 Å². The van der Waals surface area contributed by atoms with Gasteiger partial charge < -0.3 is 15.4 Å². The van der Waals surface area contributed by atoms with Crippen molar-refractivity contribution in [2.45, 2.75) is 25.9 Å². The first-order chi connectivity index (χ1) is 9.15. The van der Waals surface area contributed by atoms with Crippen molar-refractivity contribution in [3.05, 3.63) is 29.8 Å². The van der Waals surface area contributed by atoms with Gasteiger partial charge in [-0.2, -0.15) is 0 Å². The zero-order valence-electron chi connectivity index (χ0n) is 10.9. The van der Waals surface area contributed by atoms with Crippen LogP contribution in [0.3, 0.4) is 0 Å². The molecule has 5 nitrogen and oxygen atoms in total. The summed E-state index contributed by atoms with van der Waals surface area (Å²) in [5.41, 5.74) is 1.85. The summed E-state index contributed by atoms with van der Waals surface area (Å²) in [6.07, 6.45) is 1.23. The van der Waals surface area contributed by atoms with Crippen molar-refractivity contribution in [1.29, 1.82) is 0 Å². The third-order valence-corrected chi connectivity index (χ3v) is 2.98. The van der Waals surface area contributed by atoms with Crippen LogP contribution in [-0.4, -0.2) is 31.1 Å². The highest BCUT2D eigenvalue weighted by molar-refractivity contribution is 5.95. The van der Waals surface area contributed by atoms with Crippen LogP contribution in [0.2, 0.25) is 0 Å². The molecule has 0 saturated carbocycles. The zero-order chi connectivity index (χ0) is 13.7. The number of benzene rings is 1. The van der Waals surface area contributed by atoms with E-state index < -0.39 is 6.10 Å². The van der Waals surface area contributed by atoms with Gasteiger partial charge in [0.2, 0.25) is 11.8 Å². The lowest BCUT2D eigenvalue weighted by Gasteiger charge is -2.10. The van der Waals surface area contributed by atoms with Crippen molar-refractivity contribution in [2.24, 2.45) is 0 Å². The van der Waals surface area contributed by atoms with Gasteiger partial charge in [0.25, 0.3) is 0 Å². The molecule has 0 radical (unpaired) electrons. The van der Waals surface area contributed by atoms with Gasteiger partial charge in [-0.1, -0.05) is 17.7 Å². The molecule has 1 heterocycles. The molecule has 0 spiro atoms. The van der Waals surface area contributed by atoms with Crippen LogP contribution in [0.4, 0.5) is 5.69 Å². The molecule has 0 aliphatic carbocycles. The second-order valence-electron chi connectivity index (χ2n) is 4.63. The number of carbonyl (C=O) groups excluding carboxylic acids is 2. The second-order valence-corrected chi connectivity index (χ2v) is 4.63. The molecular weight excluding hydrogens is 244 g/mol. The van der Waals surface area contributed by atoms with Crippen LogP contribution in [0.1, 0.15) is 18.4 Å². The molecule has 1 aliphatic heterocycles. The monoisotopic (exact) mass is 262 g/mol. The number of anilines is 1. The third-order valence-electron chi connectivity index (χ3n) is 2.98. The third kappa shape index (κ3) is 4.06. The summed E-state index contributed by atoms with van der Waals surface area (Å²) in [5.74, 6) is -0.452. The minimum absolute atomic E-state index is 0.0351. The van der Waals surface area contributed by atoms with E-state index in [1.54, 1.807) is 0 Å². The van der Waals surface area contributed by atoms with Gasteiger partial charge in [0.1, 0.15) is 6.10 Å². The largest absolute Gasteiger partial charge is 0.368 e. The summed E-state index contributed by atoms with van der Waals surface area (Å²) in [6, 6.07) is 7.49. The summed E-state index contributed by atoms with van der Waals surface area (Å²) in [4.78, 5) is 23.3. The van der Waals surface area contributed by atoms with E-state index in [-0.39, 0.29) is 18.4 Å². The first-order valence-corrected chi connectivity index (χ1v) is 6.41. The molecule has 5 heteroatoms. The molecule has 1 aliphatic rings. The van der Waals surface area contributed by atoms with E-state index in [4.69, 9.17) is 4.74 Å². The van der Waals surface area contributed by atoms with Crippen molar-refractivity contribution < 1.29 is 14.3 Å². The molecule has 19 heavy (non-hydrogen) atoms. The second kappa shape index (κ2) is 6.33. The van der Waals surface area contributed by atoms with Gasteiger partial charge in [-0.15, -0.1) is 0 Å². The van der Waals surface area contributed by atoms with Gasteiger partial charge in [0.05, 0.1) is 6.54 Å². The standard InChI is InChI=1S/C14H18N2O3/c1-10-4-6-11(7-5-10)16-13(17)9-15-14(18)12-3-2-8-19-12/h4-7,12H,2-3,8-9H2,1H3,(H,15,18)(H,16,17). The van der Waals surface area contributed by atoms with Gasteiger partial charge in [-0.3, -0.25) is 9.59 Å². The average molecular weight is 262 g/mol. The highest BCUT2D eigenvalue weighted by Crippen LogP contribution is 2.11. The fourth-order valence-electron chi connectivity index (χ4n) is 1.91. The Hall–Kier alpha value is -1.88. The number of nitrogens with one attached hydrogen (secondary N) is 2. The Balaban J connectivity index is 1.75. The molecule has 0 aromatic heterocycles. The maximum absolute atomic E-state index is 11.7. The first-order valence-electron chi connectivity index (χ1n) is 6.41. The lowest BCUT2D eigenvalue weighted by Crippen LogP contribution is -2.39. The number of hydrogen-bond acceptors (Lipinski definition) is 3. The highest BCUT2D eigenvalue weighted by Gasteiger charge is 2.23. The molecule has 0 bridgehead atoms. The molecule has 2 N–H and O–H groups in total. The van der Waals surface area contributed by atoms with E-state index in [1.807, 2.05) is 31.2 Å². The van der Waals surface area contributed by atoms with Crippen molar-refractivity contribution in [1.82, 2.24) is 5.32 Å². The minimum Gasteiger partial charge on any atom is -0.368 e. The molecular formula is C14H18N2O3. The molecule has 1 unspecified atom stereocenters. The molecule has 2 rings (SSSR count). The van der Waals surface area contributed by atoms with Crippen LogP contribution in [0.5, 0.6) is 0 Å². The normalized spacial score (nSPS) is 18.1. The Bertz CT molecular complexity index is 450. The lowest BCUT2D eigenvalue weighted by atomic mass is 10.2. The van der Waals surface area contributed by atoms with E-state index in [2.05, 4.69) is 10.6 Å². The zero-order valence-corrected chi connectivity index (χ0v) is 10.9. The van der Waals surface area contributed by atoms with Crippen molar-refractivity contribution in [3.63, 3.8) is 0 Å². The van der Waals surface area contributed by atoms with E-state index >= 15 is 0 Å². The molecule has 1 aromatic rings. The fourth-order valence-corrected chi connectivity index (χ4v) is 1.91. The summed E-state index contributed by atoms with van der Waals surface area (Å²) in [5, 5.41) is 5.30. The molecule has 1 saturated heterocycles. The summed E-state index contributed by atoms with van der Waals surface area (Å²) >= 11 is 0. The number of carbonyl (C=O) groups is 2. The van der Waals surface area contributed by atoms with E-state index in [0.29, 0.717) is 6.61 Å². The van der Waals surface area contributed by atoms with Crippen molar-refractivity contribution >= 4 is 17.5 Å². The summed E-state index contributed by atoms with van der Waals surface area (Å²) < 4.78 is 5.23. The van der Waals surface area contributed by atoms with Crippen LogP contribution in [-0.2, 0) is 14.3 Å². The fraction of sp³-hybridized carbons (Fsp3) is 0.429. The minimum atomic E-state index is -0.396. The molecule has 1 aromatic carbocycles. The smallest absolute Gasteiger partial charge is 0.249 e. The maximum Gasteiger partial charge on any atom is 0.249 e. The van der Waals surface area contributed by atoms with Crippen LogP contribution >= 0.6 is 0 Å².